The lowest BCUT2D eigenvalue weighted by molar-refractivity contribution is -0.115. The quantitative estimate of drug-likeness (QED) is 0.621. The average molecular weight is 346 g/mol. The molecule has 0 fully saturated rings. The normalized spacial score (nSPS) is 10.2. The molecule has 0 heterocycles. The van der Waals surface area contributed by atoms with Crippen LogP contribution in [0.3, 0.4) is 0 Å². The molecule has 26 heavy (non-hydrogen) atoms. The van der Waals surface area contributed by atoms with Crippen LogP contribution in [-0.2, 0) is 11.4 Å². The minimum Gasteiger partial charge on any atom is -0.489 e. The van der Waals surface area contributed by atoms with Gasteiger partial charge in [0.2, 0.25) is 5.91 Å². The number of hydrogen-bond acceptors (Lipinski definition) is 3. The Kier molecular flexibility index (Phi) is 6.26. The minimum absolute atomic E-state index is 0.0219. The third-order valence-corrected chi connectivity index (χ3v) is 3.84. The highest BCUT2D eigenvalue weighted by Crippen LogP contribution is 2.17. The van der Waals surface area contributed by atoms with Gasteiger partial charge in [-0.25, -0.2) is 0 Å². The van der Waals surface area contributed by atoms with Gasteiger partial charge in [0.25, 0.3) is 0 Å². The van der Waals surface area contributed by atoms with Gasteiger partial charge in [0.05, 0.1) is 0 Å². The molecule has 0 saturated heterocycles. The number of anilines is 2. The van der Waals surface area contributed by atoms with Crippen molar-refractivity contribution in [1.82, 2.24) is 0 Å². The summed E-state index contributed by atoms with van der Waals surface area (Å²) >= 11 is 0. The Hall–Kier alpha value is -3.27. The molecule has 0 unspecified atom stereocenters. The summed E-state index contributed by atoms with van der Waals surface area (Å²) in [5, 5.41) is 6.12. The van der Waals surface area contributed by atoms with Crippen molar-refractivity contribution in [3.05, 3.63) is 90.5 Å². The van der Waals surface area contributed by atoms with Gasteiger partial charge in [-0.15, -0.1) is 0 Å². The predicted octanol–water partition coefficient (Wildman–Crippen LogP) is 4.71. The van der Waals surface area contributed by atoms with Gasteiger partial charge < -0.3 is 15.4 Å². The van der Waals surface area contributed by atoms with Crippen molar-refractivity contribution in [1.29, 1.82) is 0 Å². The van der Waals surface area contributed by atoms with E-state index in [0.717, 1.165) is 22.7 Å². The van der Waals surface area contributed by atoms with Gasteiger partial charge >= 0.3 is 0 Å². The second-order valence-corrected chi connectivity index (χ2v) is 5.89. The van der Waals surface area contributed by atoms with Crippen molar-refractivity contribution in [3.63, 3.8) is 0 Å². The summed E-state index contributed by atoms with van der Waals surface area (Å²) in [7, 11) is 0. The number of hydrogen-bond donors (Lipinski definition) is 2. The third kappa shape index (κ3) is 5.67. The van der Waals surface area contributed by atoms with Crippen LogP contribution >= 0.6 is 0 Å². The summed E-state index contributed by atoms with van der Waals surface area (Å²) in [6.45, 7) is 1.12. The smallest absolute Gasteiger partial charge is 0.226 e. The predicted molar refractivity (Wildman–Crippen MR) is 105 cm³/mol. The molecule has 1 amide bonds. The molecule has 3 aromatic carbocycles. The fourth-order valence-corrected chi connectivity index (χ4v) is 2.48. The maximum absolute atomic E-state index is 12.0. The van der Waals surface area contributed by atoms with Gasteiger partial charge in [-0.3, -0.25) is 4.79 Å². The van der Waals surface area contributed by atoms with Crippen LogP contribution in [-0.4, -0.2) is 12.5 Å². The van der Waals surface area contributed by atoms with Crippen LogP contribution in [0.25, 0.3) is 0 Å². The molecule has 132 valence electrons. The topological polar surface area (TPSA) is 50.4 Å². The highest BCUT2D eigenvalue weighted by molar-refractivity contribution is 5.91. The van der Waals surface area contributed by atoms with E-state index in [4.69, 9.17) is 4.74 Å². The van der Waals surface area contributed by atoms with Crippen LogP contribution < -0.4 is 15.4 Å². The lowest BCUT2D eigenvalue weighted by atomic mass is 10.2. The van der Waals surface area contributed by atoms with Crippen LogP contribution in [0.15, 0.2) is 84.9 Å². The molecule has 0 aromatic heterocycles. The maximum atomic E-state index is 12.0. The number of carbonyl (C=O) groups is 1. The van der Waals surface area contributed by atoms with Gasteiger partial charge in [0.1, 0.15) is 12.4 Å². The first-order valence-corrected chi connectivity index (χ1v) is 8.65. The number of nitrogens with one attached hydrogen (secondary N) is 2. The molecule has 0 aliphatic rings. The molecule has 2 N–H and O–H groups in total. The first kappa shape index (κ1) is 17.5. The van der Waals surface area contributed by atoms with Crippen LogP contribution in [0, 0.1) is 0 Å². The molecule has 0 bridgehead atoms. The van der Waals surface area contributed by atoms with E-state index in [2.05, 4.69) is 10.6 Å². The maximum Gasteiger partial charge on any atom is 0.226 e. The summed E-state index contributed by atoms with van der Waals surface area (Å²) < 4.78 is 5.74. The molecule has 0 spiro atoms. The van der Waals surface area contributed by atoms with Crippen LogP contribution in [0.1, 0.15) is 12.0 Å². The number of amides is 1. The standard InChI is InChI=1S/C22H22N2O2/c25-22(15-16-23-19-9-5-2-6-10-19)24-20-11-13-21(14-12-20)26-17-18-7-3-1-4-8-18/h1-14,23H,15-17H2,(H,24,25). The summed E-state index contributed by atoms with van der Waals surface area (Å²) in [6.07, 6.45) is 0.404. The minimum atomic E-state index is -0.0219. The van der Waals surface area contributed by atoms with Gasteiger partial charge in [-0.1, -0.05) is 48.5 Å². The number of benzene rings is 3. The van der Waals surface area contributed by atoms with Crippen molar-refractivity contribution in [2.75, 3.05) is 17.2 Å². The highest BCUT2D eigenvalue weighted by atomic mass is 16.5. The Morgan fingerprint density at radius 2 is 1.42 bits per heavy atom. The molecular formula is C22H22N2O2. The van der Waals surface area contributed by atoms with Crippen LogP contribution in [0.5, 0.6) is 5.75 Å². The van der Waals surface area contributed by atoms with Crippen molar-refractivity contribution in [3.8, 4) is 5.75 Å². The van der Waals surface area contributed by atoms with E-state index >= 15 is 0 Å². The lowest BCUT2D eigenvalue weighted by Crippen LogP contribution is -2.16. The van der Waals surface area contributed by atoms with Crippen molar-refractivity contribution < 1.29 is 9.53 Å². The number of rotatable bonds is 8. The van der Waals surface area contributed by atoms with Gasteiger partial charge in [-0.05, 0) is 42.0 Å². The average Bonchev–Trinajstić information content (AvgIpc) is 2.69. The second-order valence-electron chi connectivity index (χ2n) is 5.89. The molecule has 0 atom stereocenters. The summed E-state index contributed by atoms with van der Waals surface area (Å²) in [5.41, 5.74) is 2.90. The number of para-hydroxylation sites is 1. The number of ether oxygens (including phenoxy) is 1. The molecular weight excluding hydrogens is 324 g/mol. The van der Waals surface area contributed by atoms with E-state index < -0.39 is 0 Å². The zero-order valence-corrected chi connectivity index (χ0v) is 14.5. The monoisotopic (exact) mass is 346 g/mol. The Bertz CT molecular complexity index is 803. The SMILES string of the molecule is O=C(CCNc1ccccc1)Nc1ccc(OCc2ccccc2)cc1. The molecule has 0 saturated carbocycles. The van der Waals surface area contributed by atoms with Gasteiger partial charge in [-0.2, -0.15) is 0 Å². The molecule has 0 aliphatic heterocycles. The molecule has 0 aliphatic carbocycles. The fourth-order valence-electron chi connectivity index (χ4n) is 2.48. The summed E-state index contributed by atoms with van der Waals surface area (Å²) in [6, 6.07) is 27.3. The van der Waals surface area contributed by atoms with Crippen LogP contribution in [0.2, 0.25) is 0 Å². The lowest BCUT2D eigenvalue weighted by Gasteiger charge is -2.09. The Labute approximate surface area is 153 Å². The number of carbonyl (C=O) groups excluding carboxylic acids is 1. The Morgan fingerprint density at radius 3 is 2.12 bits per heavy atom. The molecule has 3 rings (SSSR count). The van der Waals surface area contributed by atoms with E-state index in [0.29, 0.717) is 19.6 Å². The zero-order chi connectivity index (χ0) is 18.0. The highest BCUT2D eigenvalue weighted by Gasteiger charge is 2.03. The van der Waals surface area contributed by atoms with E-state index in [1.807, 2.05) is 84.9 Å². The van der Waals surface area contributed by atoms with E-state index in [1.54, 1.807) is 0 Å². The van der Waals surface area contributed by atoms with Crippen molar-refractivity contribution in [2.45, 2.75) is 13.0 Å². The fraction of sp³-hybridized carbons (Fsp3) is 0.136. The zero-order valence-electron chi connectivity index (χ0n) is 14.5. The van der Waals surface area contributed by atoms with Crippen molar-refractivity contribution >= 4 is 17.3 Å². The largest absolute Gasteiger partial charge is 0.489 e. The van der Waals surface area contributed by atoms with Crippen molar-refractivity contribution in [2.24, 2.45) is 0 Å². The van der Waals surface area contributed by atoms with Gasteiger partial charge in [0, 0.05) is 24.3 Å². The second kappa shape index (κ2) is 9.28. The summed E-state index contributed by atoms with van der Waals surface area (Å²) in [5.74, 6) is 0.754. The van der Waals surface area contributed by atoms with E-state index in [9.17, 15) is 4.79 Å². The first-order valence-electron chi connectivity index (χ1n) is 8.65. The molecule has 4 nitrogen and oxygen atoms in total. The van der Waals surface area contributed by atoms with E-state index in [-0.39, 0.29) is 5.91 Å². The van der Waals surface area contributed by atoms with Crippen LogP contribution in [0.4, 0.5) is 11.4 Å². The molecule has 0 radical (unpaired) electrons. The summed E-state index contributed by atoms with van der Waals surface area (Å²) in [4.78, 5) is 12.0. The first-order chi connectivity index (χ1) is 12.8. The Balaban J connectivity index is 1.41. The molecule has 3 aromatic rings. The third-order valence-electron chi connectivity index (χ3n) is 3.84. The van der Waals surface area contributed by atoms with E-state index in [1.165, 1.54) is 0 Å². The molecule has 4 heteroatoms. The van der Waals surface area contributed by atoms with Gasteiger partial charge in [0.15, 0.2) is 0 Å². The Morgan fingerprint density at radius 1 is 0.769 bits per heavy atom.